The highest BCUT2D eigenvalue weighted by Gasteiger charge is 2.25. The van der Waals surface area contributed by atoms with Crippen molar-refractivity contribution in [2.75, 3.05) is 19.8 Å². The summed E-state index contributed by atoms with van der Waals surface area (Å²) in [6.45, 7) is 5.55. The van der Waals surface area contributed by atoms with Crippen LogP contribution in [0, 0.1) is 0 Å². The normalized spacial score (nSPS) is 13.1. The standard InChI is InChI=1S/C48H95O8P/c1-4-7-9-11-13-15-17-19-21-23-25-27-29-31-33-35-37-39-41-43-48(50)56-46(45-55-57(51,52)54-6-3)44-53-47(49)42-40-38-36-34-32-30-28-26-24-22-20-18-16-14-12-10-8-5-2/h46H,4-45H2,1-3H3,(H,51,52). The molecular formula is C48H95O8P. The first-order valence-electron chi connectivity index (χ1n) is 24.8. The van der Waals surface area contributed by atoms with Gasteiger partial charge in [-0.25, -0.2) is 4.57 Å². The van der Waals surface area contributed by atoms with Crippen LogP contribution in [-0.2, 0) is 32.7 Å². The third kappa shape index (κ3) is 44.4. The summed E-state index contributed by atoms with van der Waals surface area (Å²) in [5.41, 5.74) is 0. The Morgan fingerprint density at radius 3 is 0.982 bits per heavy atom. The summed E-state index contributed by atoms with van der Waals surface area (Å²) in [6.07, 6.45) is 47.3. The van der Waals surface area contributed by atoms with Crippen LogP contribution in [0.2, 0.25) is 0 Å². The molecule has 0 aliphatic heterocycles. The van der Waals surface area contributed by atoms with Crippen LogP contribution in [0.5, 0.6) is 0 Å². The highest BCUT2D eigenvalue weighted by atomic mass is 31.2. The second kappa shape index (κ2) is 44.6. The molecule has 0 aliphatic rings. The van der Waals surface area contributed by atoms with E-state index in [-0.39, 0.29) is 32.2 Å². The van der Waals surface area contributed by atoms with Crippen LogP contribution in [0.25, 0.3) is 0 Å². The number of carbonyl (C=O) groups is 2. The Labute approximate surface area is 353 Å². The van der Waals surface area contributed by atoms with Gasteiger partial charge in [0.1, 0.15) is 6.61 Å². The number of esters is 2. The molecule has 2 unspecified atom stereocenters. The van der Waals surface area contributed by atoms with Gasteiger partial charge in [0.05, 0.1) is 13.2 Å². The Kier molecular flexibility index (Phi) is 43.9. The van der Waals surface area contributed by atoms with Gasteiger partial charge in [0.25, 0.3) is 0 Å². The second-order valence-electron chi connectivity index (χ2n) is 16.9. The number of phosphoric ester groups is 1. The van der Waals surface area contributed by atoms with Crippen LogP contribution in [-0.4, -0.2) is 42.8 Å². The van der Waals surface area contributed by atoms with Crippen molar-refractivity contribution in [2.45, 2.75) is 277 Å². The molecule has 2 atom stereocenters. The first-order valence-corrected chi connectivity index (χ1v) is 26.3. The van der Waals surface area contributed by atoms with Crippen molar-refractivity contribution in [3.63, 3.8) is 0 Å². The topological polar surface area (TPSA) is 108 Å². The van der Waals surface area contributed by atoms with E-state index >= 15 is 0 Å². The van der Waals surface area contributed by atoms with E-state index in [0.29, 0.717) is 6.42 Å². The Hall–Kier alpha value is -0.950. The van der Waals surface area contributed by atoms with Crippen molar-refractivity contribution in [1.29, 1.82) is 0 Å². The third-order valence-corrected chi connectivity index (χ3v) is 12.2. The monoisotopic (exact) mass is 831 g/mol. The fourth-order valence-corrected chi connectivity index (χ4v) is 8.27. The number of ether oxygens (including phenoxy) is 2. The summed E-state index contributed by atoms with van der Waals surface area (Å²) in [6, 6.07) is 0. The van der Waals surface area contributed by atoms with Crippen LogP contribution in [0.1, 0.15) is 271 Å². The molecule has 0 saturated heterocycles. The number of hydrogen-bond acceptors (Lipinski definition) is 7. The Bertz CT molecular complexity index is 900. The van der Waals surface area contributed by atoms with E-state index < -0.39 is 19.9 Å². The molecule has 0 fully saturated rings. The smallest absolute Gasteiger partial charge is 0.462 e. The molecule has 0 aromatic carbocycles. The van der Waals surface area contributed by atoms with E-state index in [1.807, 2.05) is 0 Å². The van der Waals surface area contributed by atoms with Crippen molar-refractivity contribution in [3.05, 3.63) is 0 Å². The molecule has 0 rings (SSSR count). The second-order valence-corrected chi connectivity index (χ2v) is 18.3. The molecule has 1 N–H and O–H groups in total. The average Bonchev–Trinajstić information content (AvgIpc) is 3.19. The number of phosphoric acid groups is 1. The largest absolute Gasteiger partial charge is 0.472 e. The molecule has 9 heteroatoms. The zero-order valence-electron chi connectivity index (χ0n) is 38.0. The van der Waals surface area contributed by atoms with E-state index in [9.17, 15) is 19.0 Å². The molecule has 8 nitrogen and oxygen atoms in total. The third-order valence-electron chi connectivity index (χ3n) is 11.2. The number of unbranched alkanes of at least 4 members (excludes halogenated alkanes) is 35. The van der Waals surface area contributed by atoms with Gasteiger partial charge in [0.2, 0.25) is 0 Å². The van der Waals surface area contributed by atoms with Crippen molar-refractivity contribution in [1.82, 2.24) is 0 Å². The molecule has 0 aliphatic carbocycles. The SMILES string of the molecule is CCCCCCCCCCCCCCCCCCCCCC(=O)OC(COC(=O)CCCCCCCCCCCCCCCCCCCC)COP(=O)(O)OCC. The molecule has 0 saturated carbocycles. The van der Waals surface area contributed by atoms with Crippen LogP contribution in [0.15, 0.2) is 0 Å². The predicted molar refractivity (Wildman–Crippen MR) is 240 cm³/mol. The molecule has 0 heterocycles. The van der Waals surface area contributed by atoms with Gasteiger partial charge in [-0.3, -0.25) is 18.6 Å². The predicted octanol–water partition coefficient (Wildman–Crippen LogP) is 15.8. The van der Waals surface area contributed by atoms with Gasteiger partial charge in [-0.1, -0.05) is 239 Å². The molecule has 0 bridgehead atoms. The average molecular weight is 831 g/mol. The number of hydrogen-bond donors (Lipinski definition) is 1. The summed E-state index contributed by atoms with van der Waals surface area (Å²) in [5.74, 6) is -0.775. The van der Waals surface area contributed by atoms with Crippen molar-refractivity contribution >= 4 is 19.8 Å². The van der Waals surface area contributed by atoms with E-state index in [1.165, 1.54) is 199 Å². The van der Waals surface area contributed by atoms with E-state index in [1.54, 1.807) is 6.92 Å². The van der Waals surface area contributed by atoms with Crippen molar-refractivity contribution in [3.8, 4) is 0 Å². The maximum Gasteiger partial charge on any atom is 0.472 e. The van der Waals surface area contributed by atoms with Crippen LogP contribution < -0.4 is 0 Å². The Morgan fingerprint density at radius 2 is 0.684 bits per heavy atom. The molecule has 0 radical (unpaired) electrons. The summed E-state index contributed by atoms with van der Waals surface area (Å²) < 4.78 is 32.8. The molecule has 0 spiro atoms. The lowest BCUT2D eigenvalue weighted by Gasteiger charge is -2.19. The molecular weight excluding hydrogens is 735 g/mol. The van der Waals surface area contributed by atoms with Crippen LogP contribution in [0.3, 0.4) is 0 Å². The van der Waals surface area contributed by atoms with Crippen molar-refractivity contribution in [2.24, 2.45) is 0 Å². The highest BCUT2D eigenvalue weighted by Crippen LogP contribution is 2.43. The Balaban J connectivity index is 3.94. The minimum Gasteiger partial charge on any atom is -0.462 e. The molecule has 57 heavy (non-hydrogen) atoms. The summed E-state index contributed by atoms with van der Waals surface area (Å²) >= 11 is 0. The maximum atomic E-state index is 12.6. The first-order chi connectivity index (χ1) is 27.8. The minimum atomic E-state index is -4.28. The van der Waals surface area contributed by atoms with Crippen LogP contribution >= 0.6 is 7.82 Å². The molecule has 0 aromatic heterocycles. The van der Waals surface area contributed by atoms with Gasteiger partial charge >= 0.3 is 19.8 Å². The van der Waals surface area contributed by atoms with Gasteiger partial charge in [-0.15, -0.1) is 0 Å². The quantitative estimate of drug-likeness (QED) is 0.0367. The molecule has 0 amide bonds. The number of carbonyl (C=O) groups excluding carboxylic acids is 2. The van der Waals surface area contributed by atoms with Gasteiger partial charge in [-0.2, -0.15) is 0 Å². The lowest BCUT2D eigenvalue weighted by Crippen LogP contribution is -2.29. The summed E-state index contributed by atoms with van der Waals surface area (Å²) in [7, 11) is -4.28. The van der Waals surface area contributed by atoms with E-state index in [4.69, 9.17) is 18.5 Å². The molecule has 340 valence electrons. The lowest BCUT2D eigenvalue weighted by molar-refractivity contribution is -0.161. The van der Waals surface area contributed by atoms with Gasteiger partial charge in [0.15, 0.2) is 6.10 Å². The minimum absolute atomic E-state index is 0.00597. The van der Waals surface area contributed by atoms with Crippen LogP contribution in [0.4, 0.5) is 0 Å². The lowest BCUT2D eigenvalue weighted by atomic mass is 10.0. The Morgan fingerprint density at radius 1 is 0.404 bits per heavy atom. The first kappa shape index (κ1) is 56.0. The molecule has 0 aromatic rings. The van der Waals surface area contributed by atoms with Gasteiger partial charge in [0, 0.05) is 12.8 Å². The zero-order chi connectivity index (χ0) is 41.8. The van der Waals surface area contributed by atoms with E-state index in [2.05, 4.69) is 13.8 Å². The zero-order valence-corrected chi connectivity index (χ0v) is 38.9. The summed E-state index contributed by atoms with van der Waals surface area (Å²) in [4.78, 5) is 34.9. The van der Waals surface area contributed by atoms with Crippen molar-refractivity contribution < 1.29 is 37.6 Å². The maximum absolute atomic E-state index is 12.6. The fraction of sp³-hybridized carbons (Fsp3) is 0.958. The summed E-state index contributed by atoms with van der Waals surface area (Å²) in [5, 5.41) is 0. The number of rotatable bonds is 47. The highest BCUT2D eigenvalue weighted by molar-refractivity contribution is 7.47. The fourth-order valence-electron chi connectivity index (χ4n) is 7.52. The van der Waals surface area contributed by atoms with E-state index in [0.717, 1.165) is 38.5 Å². The van der Waals surface area contributed by atoms with Gasteiger partial charge in [-0.05, 0) is 19.8 Å². The van der Waals surface area contributed by atoms with Gasteiger partial charge < -0.3 is 14.4 Å².